The molecule has 0 unspecified atom stereocenters. The van der Waals surface area contributed by atoms with Crippen molar-refractivity contribution in [1.29, 1.82) is 0 Å². The van der Waals surface area contributed by atoms with Crippen LogP contribution in [0, 0.1) is 0 Å². The summed E-state index contributed by atoms with van der Waals surface area (Å²) in [6, 6.07) is 9.26. The lowest BCUT2D eigenvalue weighted by molar-refractivity contribution is 0.0948. The molecule has 1 aromatic carbocycles. The molecule has 8 nitrogen and oxygen atoms in total. The number of hydrogen-bond acceptors (Lipinski definition) is 6. The molecule has 0 atom stereocenters. The summed E-state index contributed by atoms with van der Waals surface area (Å²) in [6.07, 6.45) is 1.79. The fourth-order valence-corrected chi connectivity index (χ4v) is 4.22. The Balaban J connectivity index is 2.20. The smallest absolute Gasteiger partial charge is 0.309 e. The highest BCUT2D eigenvalue weighted by atomic mass is 31.2. The molecule has 0 saturated carbocycles. The van der Waals surface area contributed by atoms with Crippen LogP contribution >= 0.6 is 7.60 Å². The van der Waals surface area contributed by atoms with Gasteiger partial charge in [0.2, 0.25) is 0 Å². The maximum atomic E-state index is 12.6. The van der Waals surface area contributed by atoms with Crippen LogP contribution in [0.25, 0.3) is 0 Å². The van der Waals surface area contributed by atoms with E-state index >= 15 is 0 Å². The average molecular weight is 394 g/mol. The third-order valence-electron chi connectivity index (χ3n) is 3.76. The summed E-state index contributed by atoms with van der Waals surface area (Å²) < 4.78 is 24.7. The van der Waals surface area contributed by atoms with Gasteiger partial charge in [-0.15, -0.1) is 0 Å². The Morgan fingerprint density at radius 2 is 1.67 bits per heavy atom. The van der Waals surface area contributed by atoms with E-state index in [1.54, 1.807) is 32.0 Å². The van der Waals surface area contributed by atoms with E-state index in [9.17, 15) is 18.9 Å². The lowest BCUT2D eigenvalue weighted by atomic mass is 10.2. The van der Waals surface area contributed by atoms with Crippen LogP contribution in [0.2, 0.25) is 0 Å². The predicted molar refractivity (Wildman–Crippen MR) is 101 cm³/mol. The van der Waals surface area contributed by atoms with E-state index in [0.29, 0.717) is 11.0 Å². The maximum absolute atomic E-state index is 12.6. The molecule has 0 aliphatic rings. The monoisotopic (exact) mass is 394 g/mol. The summed E-state index contributed by atoms with van der Waals surface area (Å²) in [5, 5.41) is 0. The average Bonchev–Trinajstić information content (AvgIpc) is 2.64. The first kappa shape index (κ1) is 21.0. The van der Waals surface area contributed by atoms with Crippen LogP contribution in [-0.2, 0) is 20.2 Å². The number of rotatable bonds is 9. The minimum absolute atomic E-state index is 0.132. The molecule has 2 aromatic rings. The molecule has 1 heterocycles. The molecule has 0 fully saturated rings. The SMILES string of the molecule is CCOP(=O)(CCCn1ccc(=O)n(C(=O)c2ccccc2)c1=O)OCC. The lowest BCUT2D eigenvalue weighted by Crippen LogP contribution is -2.43. The van der Waals surface area contributed by atoms with E-state index < -0.39 is 24.8 Å². The van der Waals surface area contributed by atoms with Crippen LogP contribution in [0.15, 0.2) is 52.2 Å². The van der Waals surface area contributed by atoms with Gasteiger partial charge >= 0.3 is 13.3 Å². The number of benzene rings is 1. The van der Waals surface area contributed by atoms with Crippen LogP contribution < -0.4 is 11.2 Å². The molecule has 0 saturated heterocycles. The second-order valence-corrected chi connectivity index (χ2v) is 7.85. The van der Waals surface area contributed by atoms with Crippen LogP contribution in [0.4, 0.5) is 0 Å². The van der Waals surface area contributed by atoms with Gasteiger partial charge in [-0.25, -0.2) is 4.79 Å². The van der Waals surface area contributed by atoms with Gasteiger partial charge in [0.05, 0.1) is 19.4 Å². The van der Waals surface area contributed by atoms with Crippen molar-refractivity contribution in [2.45, 2.75) is 26.8 Å². The van der Waals surface area contributed by atoms with Crippen molar-refractivity contribution in [3.05, 3.63) is 69.0 Å². The van der Waals surface area contributed by atoms with Crippen molar-refractivity contribution in [3.8, 4) is 0 Å². The van der Waals surface area contributed by atoms with E-state index in [0.717, 1.165) is 6.07 Å². The van der Waals surface area contributed by atoms with Gasteiger partial charge in [0.25, 0.3) is 11.5 Å². The van der Waals surface area contributed by atoms with E-state index in [2.05, 4.69) is 0 Å². The van der Waals surface area contributed by atoms with Crippen molar-refractivity contribution in [3.63, 3.8) is 0 Å². The van der Waals surface area contributed by atoms with Gasteiger partial charge in [0.15, 0.2) is 0 Å². The molecule has 27 heavy (non-hydrogen) atoms. The van der Waals surface area contributed by atoms with Gasteiger partial charge in [0.1, 0.15) is 0 Å². The zero-order valence-electron chi connectivity index (χ0n) is 15.4. The lowest BCUT2D eigenvalue weighted by Gasteiger charge is -2.17. The van der Waals surface area contributed by atoms with E-state index in [4.69, 9.17) is 9.05 Å². The maximum Gasteiger partial charge on any atom is 0.338 e. The van der Waals surface area contributed by atoms with Crippen molar-refractivity contribution in [1.82, 2.24) is 9.13 Å². The normalized spacial score (nSPS) is 11.5. The molecular weight excluding hydrogens is 371 g/mol. The number of aromatic nitrogens is 2. The van der Waals surface area contributed by atoms with Gasteiger partial charge in [-0.05, 0) is 32.4 Å². The highest BCUT2D eigenvalue weighted by molar-refractivity contribution is 7.53. The molecule has 9 heteroatoms. The van der Waals surface area contributed by atoms with Crippen LogP contribution in [0.3, 0.4) is 0 Å². The summed E-state index contributed by atoms with van der Waals surface area (Å²) in [6.45, 7) is 4.13. The fraction of sp³-hybridized carbons (Fsp3) is 0.389. The molecule has 1 aromatic heterocycles. The summed E-state index contributed by atoms with van der Waals surface area (Å²) >= 11 is 0. The van der Waals surface area contributed by atoms with Crippen molar-refractivity contribution in [2.75, 3.05) is 19.4 Å². The summed E-state index contributed by atoms with van der Waals surface area (Å²) in [7, 11) is -3.21. The number of carbonyl (C=O) groups is 1. The fourth-order valence-electron chi connectivity index (χ4n) is 2.58. The van der Waals surface area contributed by atoms with Gasteiger partial charge in [-0.3, -0.25) is 14.2 Å². The number of nitrogens with zero attached hydrogens (tertiary/aromatic N) is 2. The molecule has 0 bridgehead atoms. The summed E-state index contributed by atoms with van der Waals surface area (Å²) in [4.78, 5) is 37.1. The third-order valence-corrected chi connectivity index (χ3v) is 5.93. The molecule has 0 N–H and O–H groups in total. The van der Waals surface area contributed by atoms with E-state index in [-0.39, 0.29) is 31.5 Å². The molecule has 2 rings (SSSR count). The summed E-state index contributed by atoms with van der Waals surface area (Å²) in [5.41, 5.74) is -1.19. The summed E-state index contributed by atoms with van der Waals surface area (Å²) in [5.74, 6) is -0.686. The first-order valence-corrected chi connectivity index (χ1v) is 10.4. The standard InChI is InChI=1S/C18H23N2O6P/c1-3-25-27(24,26-4-2)14-8-12-19-13-11-16(21)20(18(19)23)17(22)15-9-6-5-7-10-15/h5-7,9-11,13H,3-4,8,12,14H2,1-2H3. The molecule has 146 valence electrons. The first-order valence-electron chi connectivity index (χ1n) is 8.72. The Morgan fingerprint density at radius 3 is 2.26 bits per heavy atom. The Hall–Kier alpha value is -2.28. The molecule has 0 amide bonds. The van der Waals surface area contributed by atoms with Crippen molar-refractivity contribution >= 4 is 13.5 Å². The van der Waals surface area contributed by atoms with Gasteiger partial charge in [-0.2, -0.15) is 4.57 Å². The largest absolute Gasteiger partial charge is 0.338 e. The zero-order chi connectivity index (χ0) is 19.9. The van der Waals surface area contributed by atoms with Gasteiger partial charge < -0.3 is 13.6 Å². The van der Waals surface area contributed by atoms with Crippen LogP contribution in [0.1, 0.15) is 30.6 Å². The number of carbonyl (C=O) groups excluding carboxylic acids is 1. The molecule has 0 aliphatic carbocycles. The first-order chi connectivity index (χ1) is 12.9. The van der Waals surface area contributed by atoms with Crippen molar-refractivity contribution < 1.29 is 18.4 Å². The van der Waals surface area contributed by atoms with E-state index in [1.807, 2.05) is 0 Å². The zero-order valence-corrected chi connectivity index (χ0v) is 16.3. The Bertz CT molecular complexity index is 925. The Morgan fingerprint density at radius 1 is 1.04 bits per heavy atom. The highest BCUT2D eigenvalue weighted by Gasteiger charge is 2.23. The number of hydrogen-bond donors (Lipinski definition) is 0. The second-order valence-electron chi connectivity index (χ2n) is 5.66. The molecule has 0 spiro atoms. The quantitative estimate of drug-likeness (QED) is 0.606. The third kappa shape index (κ3) is 5.35. The van der Waals surface area contributed by atoms with Crippen LogP contribution in [0.5, 0.6) is 0 Å². The van der Waals surface area contributed by atoms with Gasteiger partial charge in [0, 0.05) is 24.4 Å². The second kappa shape index (κ2) is 9.60. The molecular formula is C18H23N2O6P. The highest BCUT2D eigenvalue weighted by Crippen LogP contribution is 2.48. The minimum atomic E-state index is -3.21. The van der Waals surface area contributed by atoms with Crippen molar-refractivity contribution in [2.24, 2.45) is 0 Å². The topological polar surface area (TPSA) is 96.6 Å². The number of aryl methyl sites for hydroxylation is 1. The molecule has 0 radical (unpaired) electrons. The predicted octanol–water partition coefficient (Wildman–Crippen LogP) is 2.35. The van der Waals surface area contributed by atoms with Gasteiger partial charge in [-0.1, -0.05) is 18.2 Å². The Labute approximate surface area is 156 Å². The van der Waals surface area contributed by atoms with Crippen LogP contribution in [-0.4, -0.2) is 34.4 Å². The minimum Gasteiger partial charge on any atom is -0.309 e. The van der Waals surface area contributed by atoms with E-state index in [1.165, 1.54) is 22.9 Å². The Kier molecular flexibility index (Phi) is 7.47. The molecule has 0 aliphatic heterocycles.